The van der Waals surface area contributed by atoms with Gasteiger partial charge in [0.25, 0.3) is 5.56 Å². The Hall–Kier alpha value is -2.16. The van der Waals surface area contributed by atoms with Crippen LogP contribution in [0.4, 0.5) is 0 Å². The van der Waals surface area contributed by atoms with Crippen LogP contribution in [0.3, 0.4) is 0 Å². The molecule has 1 aromatic carbocycles. The fourth-order valence-corrected chi connectivity index (χ4v) is 6.07. The van der Waals surface area contributed by atoms with Gasteiger partial charge in [0, 0.05) is 18.0 Å². The number of nitrogens with zero attached hydrogens (tertiary/aromatic N) is 2. The first-order valence-electron chi connectivity index (χ1n) is 11.1. The fraction of sp³-hybridized carbons (Fsp3) is 0.458. The zero-order valence-electron chi connectivity index (χ0n) is 18.7. The van der Waals surface area contributed by atoms with Gasteiger partial charge < -0.3 is 14.6 Å². The highest BCUT2D eigenvalue weighted by molar-refractivity contribution is 8.00. The number of benzene rings is 1. The van der Waals surface area contributed by atoms with Gasteiger partial charge in [-0.3, -0.25) is 9.59 Å². The van der Waals surface area contributed by atoms with Crippen molar-refractivity contribution in [2.45, 2.75) is 44.0 Å². The summed E-state index contributed by atoms with van der Waals surface area (Å²) in [4.78, 5) is 37.9. The third-order valence-electron chi connectivity index (χ3n) is 5.97. The first-order chi connectivity index (χ1) is 15.5. The van der Waals surface area contributed by atoms with Gasteiger partial charge in [-0.2, -0.15) is 0 Å². The van der Waals surface area contributed by atoms with E-state index in [2.05, 4.69) is 25.8 Å². The lowest BCUT2D eigenvalue weighted by molar-refractivity contribution is -0.134. The molecule has 1 amide bonds. The normalized spacial score (nSPS) is 16.3. The molecule has 170 valence electrons. The molecule has 1 saturated heterocycles. The zero-order chi connectivity index (χ0) is 22.7. The number of thioether (sulfide) groups is 1. The number of amides is 1. The average Bonchev–Trinajstić information content (AvgIpc) is 3.13. The van der Waals surface area contributed by atoms with Gasteiger partial charge in [0.1, 0.15) is 10.1 Å². The second-order valence-corrected chi connectivity index (χ2v) is 10.5. The standard InChI is InChI=1S/C24H29N3O3S2/c1-4-15(2)14-18-16(3)31-22-19(18)21(28)25-24(26-22)32-20(17-8-6-5-7-9-17)23(29)27-10-12-30-13-11-27/h5-9,15,20H,4,10-14H2,1-3H3,(H,25,26,28)/t15-,20+/m0/s1. The molecule has 0 bridgehead atoms. The summed E-state index contributed by atoms with van der Waals surface area (Å²) in [6.45, 7) is 8.69. The van der Waals surface area contributed by atoms with Crippen molar-refractivity contribution in [2.24, 2.45) is 5.92 Å². The highest BCUT2D eigenvalue weighted by atomic mass is 32.2. The van der Waals surface area contributed by atoms with Crippen molar-refractivity contribution in [1.82, 2.24) is 14.9 Å². The van der Waals surface area contributed by atoms with Crippen molar-refractivity contribution in [3.05, 3.63) is 56.7 Å². The second kappa shape index (κ2) is 10.2. The van der Waals surface area contributed by atoms with E-state index in [1.54, 1.807) is 11.3 Å². The molecule has 1 aliphatic rings. The average molecular weight is 472 g/mol. The molecule has 0 radical (unpaired) electrons. The molecule has 6 nitrogen and oxygen atoms in total. The number of ether oxygens (including phenoxy) is 1. The number of rotatable bonds is 7. The van der Waals surface area contributed by atoms with Crippen molar-refractivity contribution < 1.29 is 9.53 Å². The van der Waals surface area contributed by atoms with Crippen molar-refractivity contribution in [3.63, 3.8) is 0 Å². The maximum atomic E-state index is 13.4. The Balaban J connectivity index is 1.68. The molecule has 1 aliphatic heterocycles. The van der Waals surface area contributed by atoms with Crippen LogP contribution in [0.2, 0.25) is 0 Å². The Labute approximate surface area is 196 Å². The predicted molar refractivity (Wildman–Crippen MR) is 131 cm³/mol. The minimum Gasteiger partial charge on any atom is -0.378 e. The molecule has 3 aromatic rings. The maximum absolute atomic E-state index is 13.4. The summed E-state index contributed by atoms with van der Waals surface area (Å²) >= 11 is 2.88. The minimum atomic E-state index is -0.476. The monoisotopic (exact) mass is 471 g/mol. The van der Waals surface area contributed by atoms with Gasteiger partial charge in [-0.15, -0.1) is 11.3 Å². The number of H-pyrrole nitrogens is 1. The highest BCUT2D eigenvalue weighted by Crippen LogP contribution is 2.37. The number of nitrogens with one attached hydrogen (secondary N) is 1. The van der Waals surface area contributed by atoms with Crippen LogP contribution in [0, 0.1) is 12.8 Å². The Morgan fingerprint density at radius 3 is 2.69 bits per heavy atom. The van der Waals surface area contributed by atoms with E-state index in [0.717, 1.165) is 33.7 Å². The van der Waals surface area contributed by atoms with E-state index in [9.17, 15) is 9.59 Å². The van der Waals surface area contributed by atoms with E-state index >= 15 is 0 Å². The van der Waals surface area contributed by atoms with Crippen LogP contribution in [0.1, 0.15) is 41.5 Å². The molecule has 0 saturated carbocycles. The lowest BCUT2D eigenvalue weighted by Gasteiger charge is -2.30. The summed E-state index contributed by atoms with van der Waals surface area (Å²) < 4.78 is 5.41. The summed E-state index contributed by atoms with van der Waals surface area (Å²) in [5, 5.41) is 0.706. The predicted octanol–water partition coefficient (Wildman–Crippen LogP) is 4.57. The van der Waals surface area contributed by atoms with Crippen LogP contribution in [-0.2, 0) is 16.0 Å². The summed E-state index contributed by atoms with van der Waals surface area (Å²) in [5.74, 6) is 0.528. The topological polar surface area (TPSA) is 75.3 Å². The lowest BCUT2D eigenvalue weighted by Crippen LogP contribution is -2.42. The molecule has 32 heavy (non-hydrogen) atoms. The minimum absolute atomic E-state index is 0.0204. The van der Waals surface area contributed by atoms with E-state index in [1.807, 2.05) is 35.2 Å². The van der Waals surface area contributed by atoms with Gasteiger partial charge in [0.15, 0.2) is 5.16 Å². The summed E-state index contributed by atoms with van der Waals surface area (Å²) in [7, 11) is 0. The second-order valence-electron chi connectivity index (χ2n) is 8.25. The van der Waals surface area contributed by atoms with Gasteiger partial charge in [0.05, 0.1) is 18.6 Å². The third-order valence-corrected chi connectivity index (χ3v) is 8.14. The molecule has 2 atom stereocenters. The van der Waals surface area contributed by atoms with Crippen molar-refractivity contribution in [3.8, 4) is 0 Å². The molecule has 2 aromatic heterocycles. The number of thiophene rings is 1. The van der Waals surface area contributed by atoms with Gasteiger partial charge in [-0.05, 0) is 30.4 Å². The number of fused-ring (bicyclic) bond motifs is 1. The number of morpholine rings is 1. The van der Waals surface area contributed by atoms with Crippen LogP contribution in [0.5, 0.6) is 0 Å². The number of hydrogen-bond acceptors (Lipinski definition) is 6. The molecule has 0 aliphatic carbocycles. The fourth-order valence-electron chi connectivity index (χ4n) is 3.90. The Kier molecular flexibility index (Phi) is 7.33. The number of aromatic amines is 1. The van der Waals surface area contributed by atoms with E-state index in [4.69, 9.17) is 9.72 Å². The van der Waals surface area contributed by atoms with Gasteiger partial charge in [0.2, 0.25) is 5.91 Å². The van der Waals surface area contributed by atoms with Crippen molar-refractivity contribution in [1.29, 1.82) is 0 Å². The molecule has 8 heteroatoms. The summed E-state index contributed by atoms with van der Waals surface area (Å²) in [5.41, 5.74) is 1.89. The van der Waals surface area contributed by atoms with E-state index < -0.39 is 5.25 Å². The molecular formula is C24H29N3O3S2. The SMILES string of the molecule is CC[C@H](C)Cc1c(C)sc2nc(S[C@@H](C(=O)N3CCOCC3)c3ccccc3)[nH]c(=O)c12. The molecule has 3 heterocycles. The maximum Gasteiger partial charge on any atom is 0.260 e. The third kappa shape index (κ3) is 4.92. The van der Waals surface area contributed by atoms with Gasteiger partial charge in [-0.1, -0.05) is 62.4 Å². The van der Waals surface area contributed by atoms with E-state index in [0.29, 0.717) is 42.8 Å². The quantitative estimate of drug-likeness (QED) is 0.403. The van der Waals surface area contributed by atoms with E-state index in [-0.39, 0.29) is 11.5 Å². The number of carbonyl (C=O) groups is 1. The first kappa shape index (κ1) is 23.0. The molecule has 0 spiro atoms. The van der Waals surface area contributed by atoms with Crippen molar-refractivity contribution >= 4 is 39.2 Å². The summed E-state index contributed by atoms with van der Waals surface area (Å²) in [6, 6.07) is 9.69. The Bertz CT molecular complexity index is 1140. The van der Waals surface area contributed by atoms with Crippen LogP contribution >= 0.6 is 23.1 Å². The lowest BCUT2D eigenvalue weighted by atomic mass is 9.98. The number of hydrogen-bond donors (Lipinski definition) is 1. The Morgan fingerprint density at radius 1 is 1.28 bits per heavy atom. The van der Waals surface area contributed by atoms with Crippen LogP contribution < -0.4 is 5.56 Å². The zero-order valence-corrected chi connectivity index (χ0v) is 20.4. The van der Waals surface area contributed by atoms with Crippen LogP contribution in [0.25, 0.3) is 10.2 Å². The molecular weight excluding hydrogens is 442 g/mol. The number of aryl methyl sites for hydroxylation is 1. The summed E-state index contributed by atoms with van der Waals surface area (Å²) in [6.07, 6.45) is 1.94. The number of carbonyl (C=O) groups excluding carboxylic acids is 1. The Morgan fingerprint density at radius 2 is 2.00 bits per heavy atom. The van der Waals surface area contributed by atoms with Crippen LogP contribution in [0.15, 0.2) is 40.3 Å². The van der Waals surface area contributed by atoms with Crippen molar-refractivity contribution in [2.75, 3.05) is 26.3 Å². The molecule has 1 N–H and O–H groups in total. The van der Waals surface area contributed by atoms with Gasteiger partial charge >= 0.3 is 0 Å². The molecule has 0 unspecified atom stereocenters. The molecule has 1 fully saturated rings. The number of aromatic nitrogens is 2. The van der Waals surface area contributed by atoms with Crippen LogP contribution in [-0.4, -0.2) is 47.1 Å². The smallest absolute Gasteiger partial charge is 0.260 e. The van der Waals surface area contributed by atoms with E-state index in [1.165, 1.54) is 11.8 Å². The first-order valence-corrected chi connectivity index (χ1v) is 12.8. The highest BCUT2D eigenvalue weighted by Gasteiger charge is 2.29. The van der Waals surface area contributed by atoms with Gasteiger partial charge in [-0.25, -0.2) is 4.98 Å². The largest absolute Gasteiger partial charge is 0.378 e. The molecule has 4 rings (SSSR count).